The number of nitrogens with one attached hydrogen (secondary N) is 2. The maximum Gasteiger partial charge on any atom is 0.326 e. The van der Waals surface area contributed by atoms with Crippen LogP contribution in [0.2, 0.25) is 0 Å². The maximum atomic E-state index is 14.1. The third-order valence-corrected chi connectivity index (χ3v) is 11.4. The average molecular weight is 855 g/mol. The van der Waals surface area contributed by atoms with Crippen LogP contribution in [-0.2, 0) is 49.5 Å². The van der Waals surface area contributed by atoms with E-state index in [-0.39, 0.29) is 86.3 Å². The number of hydrogen-bond donors (Lipinski definition) is 3. The summed E-state index contributed by atoms with van der Waals surface area (Å²) in [5.41, 5.74) is 0.767. The van der Waals surface area contributed by atoms with Crippen molar-refractivity contribution >= 4 is 47.3 Å². The monoisotopic (exact) mass is 855 g/mol. The highest BCUT2D eigenvalue weighted by atomic mass is 16.5. The Hall–Kier alpha value is -5.12. The van der Waals surface area contributed by atoms with Crippen LogP contribution in [0.4, 0.5) is 0 Å². The molecule has 1 aromatic carbocycles. The Morgan fingerprint density at radius 2 is 1.49 bits per heavy atom. The molecule has 6 atom stereocenters. The Kier molecular flexibility index (Phi) is 22.4. The molecule has 0 bridgehead atoms. The zero-order valence-electron chi connectivity index (χ0n) is 37.7. The molecular weight excluding hydrogens is 785 g/mol. The predicted octanol–water partition coefficient (Wildman–Crippen LogP) is 3.43. The first-order valence-corrected chi connectivity index (χ1v) is 21.6. The second kappa shape index (κ2) is 26.3. The first-order chi connectivity index (χ1) is 28.9. The first kappa shape index (κ1) is 52.0. The Morgan fingerprint density at radius 1 is 0.852 bits per heavy atom. The number of hydrogen-bond acceptors (Lipinski definition) is 9. The molecule has 1 aliphatic heterocycles. The summed E-state index contributed by atoms with van der Waals surface area (Å²) in [4.78, 5) is 108. The minimum atomic E-state index is -1.16. The highest BCUT2D eigenvalue weighted by molar-refractivity contribution is 6.12. The van der Waals surface area contributed by atoms with E-state index in [1.54, 1.807) is 48.0 Å². The van der Waals surface area contributed by atoms with E-state index in [2.05, 4.69) is 10.6 Å². The van der Waals surface area contributed by atoms with Gasteiger partial charge in [0.05, 0.1) is 18.6 Å². The summed E-state index contributed by atoms with van der Waals surface area (Å²) in [6.45, 7) is 11.8. The normalized spacial score (nSPS) is 15.4. The lowest BCUT2D eigenvalue weighted by molar-refractivity contribution is -0.144. The van der Waals surface area contributed by atoms with Crippen molar-refractivity contribution in [3.63, 3.8) is 0 Å². The molecule has 0 saturated carbocycles. The van der Waals surface area contributed by atoms with Gasteiger partial charge in [-0.2, -0.15) is 0 Å². The summed E-state index contributed by atoms with van der Waals surface area (Å²) in [5.74, 6) is -4.59. The molecule has 2 rings (SSSR count). The van der Waals surface area contributed by atoms with E-state index in [4.69, 9.17) is 4.74 Å². The van der Waals surface area contributed by atoms with Crippen LogP contribution in [0.5, 0.6) is 0 Å². The molecule has 0 spiro atoms. The van der Waals surface area contributed by atoms with Crippen molar-refractivity contribution in [2.24, 2.45) is 17.8 Å². The van der Waals surface area contributed by atoms with Crippen molar-refractivity contribution in [2.45, 2.75) is 124 Å². The summed E-state index contributed by atoms with van der Waals surface area (Å²) in [6, 6.07) is 6.65. The summed E-state index contributed by atoms with van der Waals surface area (Å²) in [7, 11) is 4.66. The van der Waals surface area contributed by atoms with Crippen molar-refractivity contribution in [3.05, 3.63) is 48.0 Å². The summed E-state index contributed by atoms with van der Waals surface area (Å²) in [5, 5.41) is 15.3. The molecule has 0 aliphatic carbocycles. The van der Waals surface area contributed by atoms with E-state index in [0.717, 1.165) is 16.9 Å². The number of unbranched alkanes of at least 4 members (excludes halogenated alkanes) is 2. The molecule has 0 unspecified atom stereocenters. The third kappa shape index (κ3) is 16.7. The minimum absolute atomic E-state index is 0.00940. The number of ether oxygens (including phenoxy) is 1. The standard InChI is InChI=1S/C45H70N6O10/c1-10-25-50(28-36(61-9)32(6)43(57)46-34(45(59)60)27-33-18-14-12-15-19-33)39(54)22-21-35(31(5)11-2)49(8)44(58)42(30(3)4)47-37(52)29-48(7)38(53)20-16-13-17-26-51-40(55)23-24-41(51)56/h12,14-15,18-19,23-24,30-32,34-36,42H,10-11,13,16-17,20-22,25-29H2,1-9H3,(H,46,57)(H,47,52)(H,59,60)/t31-,32+,34-,35+,36-,42-/m0/s1. The topological polar surface area (TPSA) is 203 Å². The molecule has 340 valence electrons. The van der Waals surface area contributed by atoms with E-state index in [0.29, 0.717) is 38.6 Å². The number of carbonyl (C=O) groups excluding carboxylic acids is 7. The number of nitrogens with zero attached hydrogens (tertiary/aromatic N) is 4. The van der Waals surface area contributed by atoms with Gasteiger partial charge in [0.15, 0.2) is 0 Å². The Balaban J connectivity index is 2.01. The number of benzene rings is 1. The molecule has 3 N–H and O–H groups in total. The number of carbonyl (C=O) groups is 8. The van der Waals surface area contributed by atoms with Gasteiger partial charge in [0, 0.05) is 78.3 Å². The average Bonchev–Trinajstić information content (AvgIpc) is 3.55. The van der Waals surface area contributed by atoms with Crippen molar-refractivity contribution in [3.8, 4) is 0 Å². The largest absolute Gasteiger partial charge is 0.480 e. The first-order valence-electron chi connectivity index (χ1n) is 21.6. The third-order valence-electron chi connectivity index (χ3n) is 11.4. The molecule has 16 nitrogen and oxygen atoms in total. The number of carboxylic acid groups (broad SMARTS) is 1. The van der Waals surface area contributed by atoms with Gasteiger partial charge in [0.1, 0.15) is 12.1 Å². The van der Waals surface area contributed by atoms with Gasteiger partial charge in [0.2, 0.25) is 29.5 Å². The molecule has 0 aromatic heterocycles. The number of carboxylic acids is 1. The second-order valence-electron chi connectivity index (χ2n) is 16.4. The predicted molar refractivity (Wildman–Crippen MR) is 231 cm³/mol. The van der Waals surface area contributed by atoms with Gasteiger partial charge in [-0.15, -0.1) is 0 Å². The van der Waals surface area contributed by atoms with Gasteiger partial charge in [-0.1, -0.05) is 84.7 Å². The van der Waals surface area contributed by atoms with Crippen molar-refractivity contribution in [1.29, 1.82) is 0 Å². The molecule has 0 saturated heterocycles. The van der Waals surface area contributed by atoms with E-state index >= 15 is 0 Å². The van der Waals surface area contributed by atoms with Gasteiger partial charge in [0.25, 0.3) is 11.8 Å². The van der Waals surface area contributed by atoms with Crippen LogP contribution >= 0.6 is 0 Å². The Labute approximate surface area is 361 Å². The van der Waals surface area contributed by atoms with Crippen LogP contribution in [-0.4, -0.2) is 144 Å². The molecule has 1 aromatic rings. The summed E-state index contributed by atoms with van der Waals surface area (Å²) >= 11 is 0. The van der Waals surface area contributed by atoms with Crippen LogP contribution in [0.1, 0.15) is 98.5 Å². The zero-order chi connectivity index (χ0) is 45.8. The van der Waals surface area contributed by atoms with Crippen LogP contribution < -0.4 is 10.6 Å². The Bertz CT molecular complexity index is 1650. The van der Waals surface area contributed by atoms with Gasteiger partial charge < -0.3 is 35.2 Å². The fraction of sp³-hybridized carbons (Fsp3) is 0.644. The number of imide groups is 1. The van der Waals surface area contributed by atoms with E-state index in [1.807, 2.05) is 40.7 Å². The summed E-state index contributed by atoms with van der Waals surface area (Å²) < 4.78 is 5.70. The minimum Gasteiger partial charge on any atom is -0.480 e. The molecule has 0 radical (unpaired) electrons. The van der Waals surface area contributed by atoms with Crippen LogP contribution in [0.15, 0.2) is 42.5 Å². The lowest BCUT2D eigenvalue weighted by Gasteiger charge is -2.37. The van der Waals surface area contributed by atoms with E-state index in [9.17, 15) is 43.5 Å². The lowest BCUT2D eigenvalue weighted by atomic mass is 9.92. The molecule has 7 amide bonds. The SMILES string of the molecule is CCCN(C[C@H](OC)[C@@H](C)C(=O)N[C@@H](Cc1ccccc1)C(=O)O)C(=O)CC[C@H]([C@@H](C)CC)N(C)C(=O)[C@@H](NC(=O)CN(C)C(=O)CCCCCN1C(=O)C=CC1=O)C(C)C. The number of likely N-dealkylation sites (N-methyl/N-ethyl adjacent to an activating group) is 2. The number of amides is 7. The maximum absolute atomic E-state index is 14.1. The smallest absolute Gasteiger partial charge is 0.326 e. The van der Waals surface area contributed by atoms with E-state index < -0.39 is 41.9 Å². The van der Waals surface area contributed by atoms with Crippen LogP contribution in [0.3, 0.4) is 0 Å². The van der Waals surface area contributed by atoms with Gasteiger partial charge in [-0.05, 0) is 43.1 Å². The number of rotatable bonds is 28. The molecular formula is C45H70N6O10. The summed E-state index contributed by atoms with van der Waals surface area (Å²) in [6.07, 6.45) is 5.60. The van der Waals surface area contributed by atoms with Crippen LogP contribution in [0.25, 0.3) is 0 Å². The molecule has 16 heteroatoms. The fourth-order valence-corrected chi connectivity index (χ4v) is 7.31. The fourth-order valence-electron chi connectivity index (χ4n) is 7.31. The number of methoxy groups -OCH3 is 1. The highest BCUT2D eigenvalue weighted by Gasteiger charge is 2.35. The van der Waals surface area contributed by atoms with Gasteiger partial charge >= 0.3 is 5.97 Å². The van der Waals surface area contributed by atoms with E-state index in [1.165, 1.54) is 31.2 Å². The molecule has 0 fully saturated rings. The number of aliphatic carboxylic acids is 1. The van der Waals surface area contributed by atoms with Crippen molar-refractivity contribution in [2.75, 3.05) is 47.4 Å². The molecule has 1 heterocycles. The highest BCUT2D eigenvalue weighted by Crippen LogP contribution is 2.22. The second-order valence-corrected chi connectivity index (χ2v) is 16.4. The quantitative estimate of drug-likeness (QED) is 0.0828. The van der Waals surface area contributed by atoms with Crippen molar-refractivity contribution in [1.82, 2.24) is 30.2 Å². The molecule has 61 heavy (non-hydrogen) atoms. The van der Waals surface area contributed by atoms with Gasteiger partial charge in [-0.3, -0.25) is 38.5 Å². The lowest BCUT2D eigenvalue weighted by Crippen LogP contribution is -2.55. The zero-order valence-corrected chi connectivity index (χ0v) is 37.7. The van der Waals surface area contributed by atoms with Gasteiger partial charge in [-0.25, -0.2) is 4.79 Å². The van der Waals surface area contributed by atoms with Crippen LogP contribution in [0, 0.1) is 17.8 Å². The van der Waals surface area contributed by atoms with Crippen molar-refractivity contribution < 1.29 is 48.2 Å². The Morgan fingerprint density at radius 3 is 2.05 bits per heavy atom. The molecule has 1 aliphatic rings.